The number of piperazine rings is 1. The van der Waals surface area contributed by atoms with Crippen LogP contribution >= 0.6 is 23.2 Å². The van der Waals surface area contributed by atoms with Crippen LogP contribution in [0.25, 0.3) is 0 Å². The number of likely N-dealkylation sites (N-methyl/N-ethyl adjacent to an activating group) is 1. The van der Waals surface area contributed by atoms with Crippen molar-refractivity contribution in [3.8, 4) is 0 Å². The minimum atomic E-state index is -0.294. The van der Waals surface area contributed by atoms with Crippen LogP contribution in [0.2, 0.25) is 10.0 Å². The fourth-order valence-corrected chi connectivity index (χ4v) is 3.60. The van der Waals surface area contributed by atoms with Crippen molar-refractivity contribution in [2.75, 3.05) is 44.7 Å². The molecule has 7 heteroatoms. The number of rotatable bonds is 2. The Hall–Kier alpha value is -1.30. The van der Waals surface area contributed by atoms with Crippen LogP contribution in [0.15, 0.2) is 18.2 Å². The molecule has 2 heterocycles. The maximum absolute atomic E-state index is 12.6. The third kappa shape index (κ3) is 3.47. The first-order valence-corrected chi connectivity index (χ1v) is 8.44. The predicted octanol–water partition coefficient (Wildman–Crippen LogP) is 2.12. The number of anilines is 1. The molecule has 0 radical (unpaired) electrons. The van der Waals surface area contributed by atoms with Crippen LogP contribution < -0.4 is 4.90 Å². The van der Waals surface area contributed by atoms with Gasteiger partial charge in [-0.3, -0.25) is 9.59 Å². The average molecular weight is 356 g/mol. The molecule has 1 aromatic carbocycles. The largest absolute Gasteiger partial charge is 0.340 e. The quantitative estimate of drug-likeness (QED) is 0.816. The number of halogens is 2. The SMILES string of the molecule is CN1CCN(C(=O)C2CC(=O)N(c3ccc(Cl)cc3Cl)C2)CC1. The van der Waals surface area contributed by atoms with Crippen LogP contribution in [0.3, 0.4) is 0 Å². The summed E-state index contributed by atoms with van der Waals surface area (Å²) in [5.74, 6) is -0.293. The highest BCUT2D eigenvalue weighted by molar-refractivity contribution is 6.36. The monoisotopic (exact) mass is 355 g/mol. The van der Waals surface area contributed by atoms with E-state index in [1.54, 1.807) is 23.1 Å². The second kappa shape index (κ2) is 6.67. The smallest absolute Gasteiger partial charge is 0.228 e. The van der Waals surface area contributed by atoms with Gasteiger partial charge in [0.05, 0.1) is 16.6 Å². The number of carbonyl (C=O) groups is 2. The van der Waals surface area contributed by atoms with Gasteiger partial charge in [-0.25, -0.2) is 0 Å². The van der Waals surface area contributed by atoms with Gasteiger partial charge in [-0.15, -0.1) is 0 Å². The van der Waals surface area contributed by atoms with E-state index in [1.807, 2.05) is 11.9 Å². The molecule has 1 atom stereocenters. The zero-order valence-corrected chi connectivity index (χ0v) is 14.5. The molecule has 1 aromatic rings. The van der Waals surface area contributed by atoms with E-state index in [0.717, 1.165) is 26.2 Å². The lowest BCUT2D eigenvalue weighted by Gasteiger charge is -2.33. The Morgan fingerprint density at radius 3 is 2.52 bits per heavy atom. The van der Waals surface area contributed by atoms with Crippen molar-refractivity contribution in [3.05, 3.63) is 28.2 Å². The van der Waals surface area contributed by atoms with Gasteiger partial charge in [-0.05, 0) is 25.2 Å². The molecule has 124 valence electrons. The highest BCUT2D eigenvalue weighted by Crippen LogP contribution is 2.33. The minimum Gasteiger partial charge on any atom is -0.340 e. The topological polar surface area (TPSA) is 43.9 Å². The van der Waals surface area contributed by atoms with Crippen LogP contribution in [0.1, 0.15) is 6.42 Å². The lowest BCUT2D eigenvalue weighted by atomic mass is 10.1. The van der Waals surface area contributed by atoms with Gasteiger partial charge in [-0.2, -0.15) is 0 Å². The Balaban J connectivity index is 1.71. The Bertz CT molecular complexity index is 630. The van der Waals surface area contributed by atoms with Crippen LogP contribution in [0.4, 0.5) is 5.69 Å². The molecule has 2 aliphatic rings. The number of benzene rings is 1. The van der Waals surface area contributed by atoms with Gasteiger partial charge in [0.25, 0.3) is 0 Å². The Morgan fingerprint density at radius 2 is 1.87 bits per heavy atom. The van der Waals surface area contributed by atoms with Crippen LogP contribution in [-0.4, -0.2) is 61.4 Å². The van der Waals surface area contributed by atoms with E-state index in [9.17, 15) is 9.59 Å². The van der Waals surface area contributed by atoms with Crippen LogP contribution in [-0.2, 0) is 9.59 Å². The summed E-state index contributed by atoms with van der Waals surface area (Å²) < 4.78 is 0. The summed E-state index contributed by atoms with van der Waals surface area (Å²) in [6.07, 6.45) is 0.240. The first-order valence-electron chi connectivity index (χ1n) is 7.68. The summed E-state index contributed by atoms with van der Waals surface area (Å²) in [7, 11) is 2.05. The molecule has 0 aromatic heterocycles. The van der Waals surface area contributed by atoms with Crippen molar-refractivity contribution in [1.29, 1.82) is 0 Å². The van der Waals surface area contributed by atoms with Gasteiger partial charge >= 0.3 is 0 Å². The molecule has 0 spiro atoms. The molecular weight excluding hydrogens is 337 g/mol. The third-order valence-electron chi connectivity index (χ3n) is 4.49. The van der Waals surface area contributed by atoms with Crippen molar-refractivity contribution < 1.29 is 9.59 Å². The molecule has 2 aliphatic heterocycles. The van der Waals surface area contributed by atoms with E-state index in [0.29, 0.717) is 22.3 Å². The van der Waals surface area contributed by atoms with E-state index >= 15 is 0 Å². The van der Waals surface area contributed by atoms with E-state index in [4.69, 9.17) is 23.2 Å². The average Bonchev–Trinajstić information content (AvgIpc) is 2.89. The predicted molar refractivity (Wildman–Crippen MR) is 91.0 cm³/mol. The van der Waals surface area contributed by atoms with Crippen molar-refractivity contribution in [1.82, 2.24) is 9.80 Å². The minimum absolute atomic E-state index is 0.0679. The second-order valence-electron chi connectivity index (χ2n) is 6.13. The highest BCUT2D eigenvalue weighted by atomic mass is 35.5. The van der Waals surface area contributed by atoms with E-state index in [2.05, 4.69) is 4.90 Å². The maximum atomic E-state index is 12.6. The lowest BCUT2D eigenvalue weighted by molar-refractivity contribution is -0.137. The van der Waals surface area contributed by atoms with E-state index in [1.165, 1.54) is 0 Å². The van der Waals surface area contributed by atoms with Crippen molar-refractivity contribution >= 4 is 40.7 Å². The number of nitrogens with zero attached hydrogens (tertiary/aromatic N) is 3. The van der Waals surface area contributed by atoms with E-state index in [-0.39, 0.29) is 24.2 Å². The van der Waals surface area contributed by atoms with Crippen LogP contribution in [0.5, 0.6) is 0 Å². The Kier molecular flexibility index (Phi) is 4.80. The number of carbonyl (C=O) groups excluding carboxylic acids is 2. The fourth-order valence-electron chi connectivity index (χ4n) is 3.09. The third-order valence-corrected chi connectivity index (χ3v) is 5.03. The van der Waals surface area contributed by atoms with Gasteiger partial charge in [-0.1, -0.05) is 23.2 Å². The molecule has 2 fully saturated rings. The van der Waals surface area contributed by atoms with Gasteiger partial charge in [0.1, 0.15) is 0 Å². The Labute approximate surface area is 145 Å². The zero-order valence-electron chi connectivity index (χ0n) is 13.0. The molecule has 0 N–H and O–H groups in total. The molecule has 2 amide bonds. The molecule has 5 nitrogen and oxygen atoms in total. The molecule has 0 aliphatic carbocycles. The van der Waals surface area contributed by atoms with Crippen molar-refractivity contribution in [3.63, 3.8) is 0 Å². The fraction of sp³-hybridized carbons (Fsp3) is 0.500. The molecule has 2 saturated heterocycles. The molecule has 0 saturated carbocycles. The molecular formula is C16H19Cl2N3O2. The summed E-state index contributed by atoms with van der Waals surface area (Å²) in [6, 6.07) is 5.04. The maximum Gasteiger partial charge on any atom is 0.228 e. The summed E-state index contributed by atoms with van der Waals surface area (Å²) in [4.78, 5) is 30.6. The molecule has 0 bridgehead atoms. The molecule has 3 rings (SSSR count). The second-order valence-corrected chi connectivity index (χ2v) is 6.97. The first-order chi connectivity index (χ1) is 11.0. The normalized spacial score (nSPS) is 22.7. The van der Waals surface area contributed by atoms with E-state index < -0.39 is 0 Å². The lowest BCUT2D eigenvalue weighted by Crippen LogP contribution is -2.49. The summed E-state index contributed by atoms with van der Waals surface area (Å²) in [6.45, 7) is 3.58. The van der Waals surface area contributed by atoms with Gasteiger partial charge < -0.3 is 14.7 Å². The molecule has 1 unspecified atom stereocenters. The van der Waals surface area contributed by atoms with Gasteiger partial charge in [0, 0.05) is 44.2 Å². The highest BCUT2D eigenvalue weighted by Gasteiger charge is 2.38. The number of amides is 2. The summed E-state index contributed by atoms with van der Waals surface area (Å²) in [5, 5.41) is 0.953. The number of hydrogen-bond acceptors (Lipinski definition) is 3. The molecule has 23 heavy (non-hydrogen) atoms. The van der Waals surface area contributed by atoms with Gasteiger partial charge in [0.2, 0.25) is 11.8 Å². The van der Waals surface area contributed by atoms with Crippen LogP contribution in [0, 0.1) is 5.92 Å². The van der Waals surface area contributed by atoms with Crippen molar-refractivity contribution in [2.24, 2.45) is 5.92 Å². The zero-order chi connectivity index (χ0) is 16.6. The Morgan fingerprint density at radius 1 is 1.17 bits per heavy atom. The summed E-state index contributed by atoms with van der Waals surface area (Å²) in [5.41, 5.74) is 0.620. The number of hydrogen-bond donors (Lipinski definition) is 0. The first kappa shape index (κ1) is 16.6. The van der Waals surface area contributed by atoms with Crippen molar-refractivity contribution in [2.45, 2.75) is 6.42 Å². The standard InChI is InChI=1S/C16H19Cl2N3O2/c1-19-4-6-20(7-5-19)16(23)11-8-15(22)21(10-11)14-3-2-12(17)9-13(14)18/h2-3,9,11H,4-8,10H2,1H3. The summed E-state index contributed by atoms with van der Waals surface area (Å²) >= 11 is 12.1. The van der Waals surface area contributed by atoms with Gasteiger partial charge in [0.15, 0.2) is 0 Å².